The second-order valence-electron chi connectivity index (χ2n) is 4.99. The molecule has 0 aromatic heterocycles. The fourth-order valence-electron chi connectivity index (χ4n) is 2.41. The van der Waals surface area contributed by atoms with Gasteiger partial charge >= 0.3 is 0 Å². The highest BCUT2D eigenvalue weighted by Crippen LogP contribution is 2.21. The van der Waals surface area contributed by atoms with Crippen molar-refractivity contribution in [1.82, 2.24) is 4.90 Å². The van der Waals surface area contributed by atoms with E-state index in [4.69, 9.17) is 11.6 Å². The fraction of sp³-hybridized carbons (Fsp3) is 0.571. The number of piperidine rings is 1. The molecule has 17 heavy (non-hydrogen) atoms. The first-order valence-electron chi connectivity index (χ1n) is 6.31. The lowest BCUT2D eigenvalue weighted by Crippen LogP contribution is -2.37. The van der Waals surface area contributed by atoms with Gasteiger partial charge < -0.3 is 10.0 Å². The lowest BCUT2D eigenvalue weighted by Gasteiger charge is -2.31. The number of aliphatic hydroxyl groups is 1. The first-order valence-corrected chi connectivity index (χ1v) is 6.69. The molecule has 1 heterocycles. The van der Waals surface area contributed by atoms with Crippen LogP contribution in [0.5, 0.6) is 0 Å². The highest BCUT2D eigenvalue weighted by atomic mass is 35.5. The van der Waals surface area contributed by atoms with Crippen LogP contribution in [0.3, 0.4) is 0 Å². The van der Waals surface area contributed by atoms with E-state index in [1.807, 2.05) is 18.2 Å². The summed E-state index contributed by atoms with van der Waals surface area (Å²) in [5.74, 6) is 0.490. The number of rotatable bonds is 3. The molecule has 0 unspecified atom stereocenters. The maximum absolute atomic E-state index is 9.47. The predicted molar refractivity (Wildman–Crippen MR) is 71.5 cm³/mol. The van der Waals surface area contributed by atoms with E-state index >= 15 is 0 Å². The minimum atomic E-state index is -0.0901. The first kappa shape index (κ1) is 12.9. The third kappa shape index (κ3) is 3.70. The van der Waals surface area contributed by atoms with Crippen LogP contribution in [0.2, 0.25) is 5.02 Å². The molecule has 0 aliphatic carbocycles. The average Bonchev–Trinajstić information content (AvgIpc) is 2.32. The van der Waals surface area contributed by atoms with Crippen molar-refractivity contribution in [2.45, 2.75) is 31.8 Å². The first-order chi connectivity index (χ1) is 8.15. The van der Waals surface area contributed by atoms with Gasteiger partial charge in [-0.1, -0.05) is 30.7 Å². The zero-order chi connectivity index (χ0) is 12.3. The highest BCUT2D eigenvalue weighted by molar-refractivity contribution is 6.30. The van der Waals surface area contributed by atoms with Crippen LogP contribution in [-0.4, -0.2) is 35.7 Å². The van der Waals surface area contributed by atoms with Crippen molar-refractivity contribution < 1.29 is 5.11 Å². The molecular formula is C14H20ClNO. The molecule has 1 aliphatic rings. The number of likely N-dealkylation sites (tertiary alicyclic amines) is 1. The van der Waals surface area contributed by atoms with Gasteiger partial charge in [-0.15, -0.1) is 0 Å². The summed E-state index contributed by atoms with van der Waals surface area (Å²) in [6.07, 6.45) is 1.72. The summed E-state index contributed by atoms with van der Waals surface area (Å²) in [5.41, 5.74) is 1.30. The summed E-state index contributed by atoms with van der Waals surface area (Å²) >= 11 is 6.00. The Balaban J connectivity index is 1.90. The van der Waals surface area contributed by atoms with E-state index in [2.05, 4.69) is 17.9 Å². The van der Waals surface area contributed by atoms with Crippen LogP contribution in [0.15, 0.2) is 24.3 Å². The van der Waals surface area contributed by atoms with Gasteiger partial charge in [0.05, 0.1) is 6.10 Å². The summed E-state index contributed by atoms with van der Waals surface area (Å²) in [6, 6.07) is 8.10. The quantitative estimate of drug-likeness (QED) is 0.896. The Kier molecular flexibility index (Phi) is 4.43. The van der Waals surface area contributed by atoms with Gasteiger partial charge in [-0.3, -0.25) is 0 Å². The Morgan fingerprint density at radius 3 is 2.76 bits per heavy atom. The van der Waals surface area contributed by atoms with E-state index in [-0.39, 0.29) is 6.10 Å². The molecular weight excluding hydrogens is 234 g/mol. The monoisotopic (exact) mass is 253 g/mol. The standard InChI is InChI=1S/C14H20ClNO/c1-11(12-3-2-4-13(15)9-12)10-16-7-5-14(17)6-8-16/h2-4,9,11,14,17H,5-8,10H2,1H3/t11-/m1/s1. The van der Waals surface area contributed by atoms with Gasteiger partial charge in [0, 0.05) is 24.7 Å². The van der Waals surface area contributed by atoms with Crippen LogP contribution in [0.4, 0.5) is 0 Å². The zero-order valence-corrected chi connectivity index (χ0v) is 11.0. The van der Waals surface area contributed by atoms with Gasteiger partial charge in [0.2, 0.25) is 0 Å². The normalized spacial score (nSPS) is 20.4. The van der Waals surface area contributed by atoms with Crippen molar-refractivity contribution in [3.05, 3.63) is 34.9 Å². The van der Waals surface area contributed by atoms with Crippen LogP contribution in [-0.2, 0) is 0 Å². The van der Waals surface area contributed by atoms with E-state index in [0.717, 1.165) is 37.5 Å². The molecule has 1 fully saturated rings. The molecule has 1 N–H and O–H groups in total. The molecule has 3 heteroatoms. The smallest absolute Gasteiger partial charge is 0.0564 e. The SMILES string of the molecule is C[C@H](CN1CCC(O)CC1)c1cccc(Cl)c1. The van der Waals surface area contributed by atoms with E-state index in [1.54, 1.807) is 0 Å². The van der Waals surface area contributed by atoms with Crippen molar-refractivity contribution in [3.8, 4) is 0 Å². The minimum Gasteiger partial charge on any atom is -0.393 e. The van der Waals surface area contributed by atoms with Gasteiger partial charge in [0.25, 0.3) is 0 Å². The van der Waals surface area contributed by atoms with E-state index < -0.39 is 0 Å². The Labute approximate surface area is 108 Å². The summed E-state index contributed by atoms with van der Waals surface area (Å²) in [5, 5.41) is 10.3. The van der Waals surface area contributed by atoms with Crippen molar-refractivity contribution in [2.75, 3.05) is 19.6 Å². The van der Waals surface area contributed by atoms with Gasteiger partial charge in [0.15, 0.2) is 0 Å². The topological polar surface area (TPSA) is 23.5 Å². The average molecular weight is 254 g/mol. The lowest BCUT2D eigenvalue weighted by atomic mass is 9.99. The second kappa shape index (κ2) is 5.85. The molecule has 0 bridgehead atoms. The number of hydrogen-bond acceptors (Lipinski definition) is 2. The Bertz CT molecular complexity index is 361. The van der Waals surface area contributed by atoms with Crippen LogP contribution in [0, 0.1) is 0 Å². The van der Waals surface area contributed by atoms with E-state index in [9.17, 15) is 5.11 Å². The second-order valence-corrected chi connectivity index (χ2v) is 5.42. The summed E-state index contributed by atoms with van der Waals surface area (Å²) in [7, 11) is 0. The van der Waals surface area contributed by atoms with Crippen molar-refractivity contribution in [2.24, 2.45) is 0 Å². The molecule has 0 spiro atoms. The van der Waals surface area contributed by atoms with Crippen LogP contribution in [0.1, 0.15) is 31.2 Å². The maximum atomic E-state index is 9.47. The minimum absolute atomic E-state index is 0.0901. The van der Waals surface area contributed by atoms with Gasteiger partial charge in [-0.25, -0.2) is 0 Å². The summed E-state index contributed by atoms with van der Waals surface area (Å²) < 4.78 is 0. The maximum Gasteiger partial charge on any atom is 0.0564 e. The van der Waals surface area contributed by atoms with Crippen molar-refractivity contribution in [3.63, 3.8) is 0 Å². The van der Waals surface area contributed by atoms with E-state index in [1.165, 1.54) is 5.56 Å². The molecule has 2 nitrogen and oxygen atoms in total. The Hall–Kier alpha value is -0.570. The molecule has 1 atom stereocenters. The molecule has 0 radical (unpaired) electrons. The summed E-state index contributed by atoms with van der Waals surface area (Å²) in [4.78, 5) is 2.43. The van der Waals surface area contributed by atoms with Crippen molar-refractivity contribution in [1.29, 1.82) is 0 Å². The number of hydrogen-bond donors (Lipinski definition) is 1. The Morgan fingerprint density at radius 2 is 2.12 bits per heavy atom. The third-order valence-electron chi connectivity index (χ3n) is 3.51. The third-order valence-corrected chi connectivity index (χ3v) is 3.74. The molecule has 1 aromatic rings. The molecule has 1 saturated heterocycles. The zero-order valence-electron chi connectivity index (χ0n) is 10.3. The largest absolute Gasteiger partial charge is 0.393 e. The van der Waals surface area contributed by atoms with Gasteiger partial charge in [-0.2, -0.15) is 0 Å². The number of benzene rings is 1. The number of halogens is 1. The lowest BCUT2D eigenvalue weighted by molar-refractivity contribution is 0.0803. The molecule has 1 aromatic carbocycles. The van der Waals surface area contributed by atoms with Crippen LogP contribution >= 0.6 is 11.6 Å². The molecule has 1 aliphatic heterocycles. The highest BCUT2D eigenvalue weighted by Gasteiger charge is 2.19. The van der Waals surface area contributed by atoms with Crippen molar-refractivity contribution >= 4 is 11.6 Å². The van der Waals surface area contributed by atoms with Crippen LogP contribution < -0.4 is 0 Å². The van der Waals surface area contributed by atoms with Gasteiger partial charge in [-0.05, 0) is 36.5 Å². The molecule has 94 valence electrons. The summed E-state index contributed by atoms with van der Waals surface area (Å²) in [6.45, 7) is 5.29. The van der Waals surface area contributed by atoms with E-state index in [0.29, 0.717) is 5.92 Å². The Morgan fingerprint density at radius 1 is 1.41 bits per heavy atom. The number of aliphatic hydroxyl groups excluding tert-OH is 1. The van der Waals surface area contributed by atoms with Gasteiger partial charge in [0.1, 0.15) is 0 Å². The molecule has 0 amide bonds. The molecule has 2 rings (SSSR count). The fourth-order valence-corrected chi connectivity index (χ4v) is 2.61. The van der Waals surface area contributed by atoms with Crippen LogP contribution in [0.25, 0.3) is 0 Å². The predicted octanol–water partition coefficient (Wildman–Crippen LogP) is 2.90. The molecule has 0 saturated carbocycles. The number of nitrogens with zero attached hydrogens (tertiary/aromatic N) is 1.